The molecule has 1 aliphatic rings. The molecule has 3 N–H and O–H groups in total. The molecule has 0 bridgehead atoms. The molecule has 1 saturated heterocycles. The summed E-state index contributed by atoms with van der Waals surface area (Å²) in [7, 11) is 0. The summed E-state index contributed by atoms with van der Waals surface area (Å²) < 4.78 is 19.8. The fourth-order valence-corrected chi connectivity index (χ4v) is 3.67. The summed E-state index contributed by atoms with van der Waals surface area (Å²) in [6.45, 7) is 3.36. The second-order valence-electron chi connectivity index (χ2n) is 5.34. The van der Waals surface area contributed by atoms with E-state index in [-0.39, 0.29) is 17.6 Å². The molecule has 2 aromatic rings. The summed E-state index contributed by atoms with van der Waals surface area (Å²) >= 11 is 1.22. The zero-order chi connectivity index (χ0) is 15.0. The highest BCUT2D eigenvalue weighted by Crippen LogP contribution is 2.35. The number of carbonyl (C=O) groups is 1. The molecule has 2 heterocycles. The number of halogens is 1. The van der Waals surface area contributed by atoms with Gasteiger partial charge in [-0.25, -0.2) is 4.39 Å². The predicted octanol–water partition coefficient (Wildman–Crippen LogP) is 2.78. The number of amides is 1. The summed E-state index contributed by atoms with van der Waals surface area (Å²) in [5.41, 5.74) is 6.18. The van der Waals surface area contributed by atoms with Crippen LogP contribution in [0.15, 0.2) is 18.2 Å². The molecule has 1 amide bonds. The van der Waals surface area contributed by atoms with Crippen molar-refractivity contribution in [1.29, 1.82) is 0 Å². The SMILES string of the molecule is CC(NC(=O)c1sc2cccc(F)c2c1N)C1CCOC1. The molecular weight excluding hydrogens is 291 g/mol. The Kier molecular flexibility index (Phi) is 3.82. The first-order chi connectivity index (χ1) is 10.1. The van der Waals surface area contributed by atoms with Gasteiger partial charge in [0.15, 0.2) is 0 Å². The van der Waals surface area contributed by atoms with Crippen molar-refractivity contribution in [3.63, 3.8) is 0 Å². The van der Waals surface area contributed by atoms with E-state index < -0.39 is 5.82 Å². The zero-order valence-electron chi connectivity index (χ0n) is 11.7. The van der Waals surface area contributed by atoms with E-state index in [1.165, 1.54) is 17.4 Å². The number of anilines is 1. The highest BCUT2D eigenvalue weighted by atomic mass is 32.1. The summed E-state index contributed by atoms with van der Waals surface area (Å²) in [5.74, 6) is -0.314. The van der Waals surface area contributed by atoms with E-state index >= 15 is 0 Å². The molecule has 6 heteroatoms. The van der Waals surface area contributed by atoms with Crippen LogP contribution in [0.1, 0.15) is 23.0 Å². The van der Waals surface area contributed by atoms with Gasteiger partial charge in [0, 0.05) is 23.3 Å². The second-order valence-corrected chi connectivity index (χ2v) is 6.40. The Hall–Kier alpha value is -1.66. The maximum atomic E-state index is 13.8. The summed E-state index contributed by atoms with van der Waals surface area (Å²) in [6.07, 6.45) is 0.942. The number of nitrogens with one attached hydrogen (secondary N) is 1. The molecule has 0 saturated carbocycles. The Labute approximate surface area is 126 Å². The van der Waals surface area contributed by atoms with E-state index in [2.05, 4.69) is 5.32 Å². The van der Waals surface area contributed by atoms with Crippen molar-refractivity contribution in [1.82, 2.24) is 5.32 Å². The lowest BCUT2D eigenvalue weighted by molar-refractivity contribution is 0.0927. The fourth-order valence-electron chi connectivity index (χ4n) is 2.64. The quantitative estimate of drug-likeness (QED) is 0.916. The smallest absolute Gasteiger partial charge is 0.263 e. The van der Waals surface area contributed by atoms with Gasteiger partial charge in [-0.05, 0) is 25.5 Å². The Balaban J connectivity index is 1.84. The lowest BCUT2D eigenvalue weighted by atomic mass is 10.0. The second kappa shape index (κ2) is 5.61. The molecule has 1 aliphatic heterocycles. The van der Waals surface area contributed by atoms with Crippen molar-refractivity contribution >= 4 is 33.0 Å². The minimum absolute atomic E-state index is 0.00876. The van der Waals surface area contributed by atoms with Crippen molar-refractivity contribution < 1.29 is 13.9 Å². The third-order valence-corrected chi connectivity index (χ3v) is 5.11. The van der Waals surface area contributed by atoms with Crippen LogP contribution in [0, 0.1) is 11.7 Å². The minimum atomic E-state index is -0.391. The average molecular weight is 308 g/mol. The molecule has 0 aliphatic carbocycles. The number of carbonyl (C=O) groups excluding carboxylic acids is 1. The molecule has 2 unspecified atom stereocenters. The van der Waals surface area contributed by atoms with Gasteiger partial charge in [-0.1, -0.05) is 6.07 Å². The molecule has 0 radical (unpaired) electrons. The number of ether oxygens (including phenoxy) is 1. The van der Waals surface area contributed by atoms with Crippen molar-refractivity contribution in [2.45, 2.75) is 19.4 Å². The van der Waals surface area contributed by atoms with Gasteiger partial charge in [0.25, 0.3) is 5.91 Å². The number of rotatable bonds is 3. The number of benzene rings is 1. The third kappa shape index (κ3) is 2.61. The maximum Gasteiger partial charge on any atom is 0.263 e. The van der Waals surface area contributed by atoms with E-state index in [0.29, 0.717) is 27.5 Å². The van der Waals surface area contributed by atoms with Crippen LogP contribution in [0.2, 0.25) is 0 Å². The first-order valence-electron chi connectivity index (χ1n) is 6.93. The zero-order valence-corrected chi connectivity index (χ0v) is 12.5. The molecular formula is C15H17FN2O2S. The van der Waals surface area contributed by atoms with Gasteiger partial charge >= 0.3 is 0 Å². The van der Waals surface area contributed by atoms with Crippen molar-refractivity contribution in [3.8, 4) is 0 Å². The van der Waals surface area contributed by atoms with E-state index in [9.17, 15) is 9.18 Å². The number of thiophene rings is 1. The Morgan fingerprint density at radius 2 is 2.38 bits per heavy atom. The average Bonchev–Trinajstić information content (AvgIpc) is 3.07. The van der Waals surface area contributed by atoms with Crippen molar-refractivity contribution in [3.05, 3.63) is 28.9 Å². The molecule has 4 nitrogen and oxygen atoms in total. The van der Waals surface area contributed by atoms with Crippen LogP contribution in [0.4, 0.5) is 10.1 Å². The normalized spacial score (nSPS) is 19.8. The predicted molar refractivity (Wildman–Crippen MR) is 82.0 cm³/mol. The summed E-state index contributed by atoms with van der Waals surface area (Å²) in [4.78, 5) is 12.7. The van der Waals surface area contributed by atoms with Crippen LogP contribution in [-0.4, -0.2) is 25.2 Å². The van der Waals surface area contributed by atoms with Gasteiger partial charge < -0.3 is 15.8 Å². The topological polar surface area (TPSA) is 64.4 Å². The Morgan fingerprint density at radius 1 is 1.57 bits per heavy atom. The van der Waals surface area contributed by atoms with E-state index in [4.69, 9.17) is 10.5 Å². The number of nitrogens with two attached hydrogens (primary N) is 1. The monoisotopic (exact) mass is 308 g/mol. The van der Waals surface area contributed by atoms with Gasteiger partial charge in [-0.2, -0.15) is 0 Å². The lowest BCUT2D eigenvalue weighted by Crippen LogP contribution is -2.38. The highest BCUT2D eigenvalue weighted by Gasteiger charge is 2.26. The van der Waals surface area contributed by atoms with Gasteiger partial charge in [0.1, 0.15) is 10.7 Å². The third-order valence-electron chi connectivity index (χ3n) is 3.94. The molecule has 112 valence electrons. The number of nitrogen functional groups attached to an aromatic ring is 1. The summed E-state index contributed by atoms with van der Waals surface area (Å²) in [5, 5.41) is 3.29. The van der Waals surface area contributed by atoms with Crippen LogP contribution < -0.4 is 11.1 Å². The molecule has 1 aromatic carbocycles. The summed E-state index contributed by atoms with van der Waals surface area (Å²) in [6, 6.07) is 4.75. The largest absolute Gasteiger partial charge is 0.397 e. The molecule has 0 spiro atoms. The lowest BCUT2D eigenvalue weighted by Gasteiger charge is -2.18. The van der Waals surface area contributed by atoms with Crippen molar-refractivity contribution in [2.24, 2.45) is 5.92 Å². The maximum absolute atomic E-state index is 13.8. The molecule has 3 rings (SSSR count). The number of fused-ring (bicyclic) bond motifs is 1. The standard InChI is InChI=1S/C15H17FN2O2S/c1-8(9-5-6-20-7-9)18-15(19)14-13(17)12-10(16)3-2-4-11(12)21-14/h2-4,8-9H,5-7,17H2,1H3,(H,18,19). The van der Waals surface area contributed by atoms with E-state index in [0.717, 1.165) is 13.0 Å². The Bertz CT molecular complexity index is 680. The van der Waals surface area contributed by atoms with Crippen LogP contribution in [-0.2, 0) is 4.74 Å². The van der Waals surface area contributed by atoms with Crippen LogP contribution >= 0.6 is 11.3 Å². The Morgan fingerprint density at radius 3 is 3.05 bits per heavy atom. The fraction of sp³-hybridized carbons (Fsp3) is 0.400. The first kappa shape index (κ1) is 14.3. The van der Waals surface area contributed by atoms with Gasteiger partial charge in [0.2, 0.25) is 0 Å². The molecule has 21 heavy (non-hydrogen) atoms. The number of hydrogen-bond donors (Lipinski definition) is 2. The molecule has 2 atom stereocenters. The van der Waals surface area contributed by atoms with Gasteiger partial charge in [-0.3, -0.25) is 4.79 Å². The van der Waals surface area contributed by atoms with E-state index in [1.54, 1.807) is 12.1 Å². The van der Waals surface area contributed by atoms with E-state index in [1.807, 2.05) is 6.92 Å². The van der Waals surface area contributed by atoms with Crippen LogP contribution in [0.3, 0.4) is 0 Å². The van der Waals surface area contributed by atoms with Crippen molar-refractivity contribution in [2.75, 3.05) is 18.9 Å². The molecule has 1 aromatic heterocycles. The van der Waals surface area contributed by atoms with Crippen LogP contribution in [0.25, 0.3) is 10.1 Å². The van der Waals surface area contributed by atoms with Gasteiger partial charge in [0.05, 0.1) is 17.7 Å². The van der Waals surface area contributed by atoms with Gasteiger partial charge in [-0.15, -0.1) is 11.3 Å². The minimum Gasteiger partial charge on any atom is -0.397 e. The van der Waals surface area contributed by atoms with Crippen LogP contribution in [0.5, 0.6) is 0 Å². The highest BCUT2D eigenvalue weighted by molar-refractivity contribution is 7.21. The molecule has 1 fully saturated rings. The first-order valence-corrected chi connectivity index (χ1v) is 7.74. The number of hydrogen-bond acceptors (Lipinski definition) is 4.